The smallest absolute Gasteiger partial charge is 0.275 e. The Balaban J connectivity index is 1.54. The average Bonchev–Trinajstić information content (AvgIpc) is 3.30. The third-order valence-corrected chi connectivity index (χ3v) is 4.82. The fraction of sp³-hybridized carbons (Fsp3) is 0.111. The molecule has 1 amide bonds. The first-order valence-corrected chi connectivity index (χ1v) is 8.74. The molecule has 7 nitrogen and oxygen atoms in total. The fourth-order valence-electron chi connectivity index (χ4n) is 2.53. The quantitative estimate of drug-likeness (QED) is 0.576. The molecule has 0 fully saturated rings. The van der Waals surface area contributed by atoms with Crippen LogP contribution in [0.1, 0.15) is 16.2 Å². The SMILES string of the molecule is COc1ccc(-c2nc(C(=O)Nc3cnc4n[nH]c(C)c4c3)cs2)cc1. The van der Waals surface area contributed by atoms with Gasteiger partial charge in [0.25, 0.3) is 5.91 Å². The summed E-state index contributed by atoms with van der Waals surface area (Å²) in [6.45, 7) is 1.91. The number of amides is 1. The lowest BCUT2D eigenvalue weighted by atomic mass is 10.2. The lowest BCUT2D eigenvalue weighted by Crippen LogP contribution is -2.12. The average molecular weight is 365 g/mol. The molecular weight excluding hydrogens is 350 g/mol. The van der Waals surface area contributed by atoms with Gasteiger partial charge in [-0.05, 0) is 37.3 Å². The third-order valence-electron chi connectivity index (χ3n) is 3.93. The summed E-state index contributed by atoms with van der Waals surface area (Å²) in [5.41, 5.74) is 3.43. The second kappa shape index (κ2) is 6.57. The van der Waals surface area contributed by atoms with E-state index in [0.717, 1.165) is 27.4 Å². The minimum Gasteiger partial charge on any atom is -0.497 e. The molecule has 0 aliphatic carbocycles. The molecule has 4 rings (SSSR count). The number of rotatable bonds is 4. The zero-order chi connectivity index (χ0) is 18.1. The first kappa shape index (κ1) is 16.2. The Bertz CT molecular complexity index is 1080. The molecule has 3 heterocycles. The summed E-state index contributed by atoms with van der Waals surface area (Å²) in [7, 11) is 1.62. The Morgan fingerprint density at radius 1 is 1.27 bits per heavy atom. The van der Waals surface area contributed by atoms with Gasteiger partial charge in [-0.25, -0.2) is 9.97 Å². The van der Waals surface area contributed by atoms with E-state index in [4.69, 9.17) is 4.74 Å². The van der Waals surface area contributed by atoms with Crippen LogP contribution in [0.2, 0.25) is 0 Å². The van der Waals surface area contributed by atoms with Gasteiger partial charge >= 0.3 is 0 Å². The van der Waals surface area contributed by atoms with Gasteiger partial charge < -0.3 is 10.1 Å². The Morgan fingerprint density at radius 2 is 2.08 bits per heavy atom. The predicted octanol–water partition coefficient (Wildman–Crippen LogP) is 3.65. The molecule has 1 aromatic carbocycles. The number of anilines is 1. The van der Waals surface area contributed by atoms with Crippen molar-refractivity contribution in [1.82, 2.24) is 20.2 Å². The number of ether oxygens (including phenoxy) is 1. The molecule has 0 saturated carbocycles. The molecule has 8 heteroatoms. The van der Waals surface area contributed by atoms with E-state index >= 15 is 0 Å². The number of thiazole rings is 1. The van der Waals surface area contributed by atoms with E-state index < -0.39 is 0 Å². The van der Waals surface area contributed by atoms with Crippen molar-refractivity contribution in [2.75, 3.05) is 12.4 Å². The van der Waals surface area contributed by atoms with E-state index in [1.807, 2.05) is 37.3 Å². The Hall–Kier alpha value is -3.26. The highest BCUT2D eigenvalue weighted by molar-refractivity contribution is 7.13. The number of fused-ring (bicyclic) bond motifs is 1. The van der Waals surface area contributed by atoms with Crippen molar-refractivity contribution >= 4 is 34.0 Å². The van der Waals surface area contributed by atoms with Crippen LogP contribution in [-0.4, -0.2) is 33.2 Å². The number of benzene rings is 1. The highest BCUT2D eigenvalue weighted by Gasteiger charge is 2.13. The summed E-state index contributed by atoms with van der Waals surface area (Å²) in [6, 6.07) is 9.41. The van der Waals surface area contributed by atoms with Gasteiger partial charge in [-0.15, -0.1) is 11.3 Å². The molecule has 0 saturated heterocycles. The van der Waals surface area contributed by atoms with E-state index in [9.17, 15) is 4.79 Å². The first-order valence-electron chi connectivity index (χ1n) is 7.86. The van der Waals surface area contributed by atoms with Crippen molar-refractivity contribution in [3.8, 4) is 16.3 Å². The number of aromatic nitrogens is 4. The molecule has 26 heavy (non-hydrogen) atoms. The number of carbonyl (C=O) groups is 1. The zero-order valence-corrected chi connectivity index (χ0v) is 14.9. The maximum Gasteiger partial charge on any atom is 0.275 e. The molecule has 0 atom stereocenters. The standard InChI is InChI=1S/C18H15N5O2S/c1-10-14-7-12(8-19-16(14)23-22-10)20-17(24)15-9-26-18(21-15)11-3-5-13(25-2)6-4-11/h3-9H,1-2H3,(H,20,24)(H,19,22,23). The van der Waals surface area contributed by atoms with Crippen LogP contribution < -0.4 is 10.1 Å². The molecule has 0 radical (unpaired) electrons. The van der Waals surface area contributed by atoms with Gasteiger partial charge in [0.1, 0.15) is 16.5 Å². The monoisotopic (exact) mass is 365 g/mol. The minimum atomic E-state index is -0.275. The fourth-order valence-corrected chi connectivity index (χ4v) is 3.33. The minimum absolute atomic E-state index is 0.275. The van der Waals surface area contributed by atoms with E-state index in [0.29, 0.717) is 17.0 Å². The molecule has 4 aromatic rings. The molecule has 0 aliphatic rings. The van der Waals surface area contributed by atoms with Gasteiger partial charge in [0.15, 0.2) is 5.65 Å². The molecule has 2 N–H and O–H groups in total. The molecule has 130 valence electrons. The summed E-state index contributed by atoms with van der Waals surface area (Å²) in [4.78, 5) is 21.1. The number of aryl methyl sites for hydroxylation is 1. The van der Waals surface area contributed by atoms with Crippen molar-refractivity contribution in [1.29, 1.82) is 0 Å². The number of methoxy groups -OCH3 is 1. The molecule has 0 spiro atoms. The lowest BCUT2D eigenvalue weighted by molar-refractivity contribution is 0.102. The van der Waals surface area contributed by atoms with E-state index in [2.05, 4.69) is 25.5 Å². The van der Waals surface area contributed by atoms with Crippen LogP contribution in [0.25, 0.3) is 21.6 Å². The van der Waals surface area contributed by atoms with E-state index in [-0.39, 0.29) is 5.91 Å². The van der Waals surface area contributed by atoms with Crippen molar-refractivity contribution < 1.29 is 9.53 Å². The van der Waals surface area contributed by atoms with Crippen LogP contribution in [0.5, 0.6) is 5.75 Å². The van der Waals surface area contributed by atoms with Gasteiger partial charge in [-0.3, -0.25) is 9.89 Å². The van der Waals surface area contributed by atoms with Crippen molar-refractivity contribution in [2.45, 2.75) is 6.92 Å². The number of nitrogens with one attached hydrogen (secondary N) is 2. The van der Waals surface area contributed by atoms with Crippen molar-refractivity contribution in [3.63, 3.8) is 0 Å². The summed E-state index contributed by atoms with van der Waals surface area (Å²) < 4.78 is 5.15. The molecular formula is C18H15N5O2S. The van der Waals surface area contributed by atoms with Gasteiger partial charge in [0, 0.05) is 22.0 Å². The topological polar surface area (TPSA) is 92.8 Å². The predicted molar refractivity (Wildman–Crippen MR) is 101 cm³/mol. The second-order valence-corrected chi connectivity index (χ2v) is 6.52. The Kier molecular flexibility index (Phi) is 4.10. The van der Waals surface area contributed by atoms with E-state index in [1.165, 1.54) is 11.3 Å². The van der Waals surface area contributed by atoms with Crippen LogP contribution in [-0.2, 0) is 0 Å². The lowest BCUT2D eigenvalue weighted by Gasteiger charge is -2.03. The van der Waals surface area contributed by atoms with Crippen LogP contribution in [0.15, 0.2) is 41.9 Å². The number of carbonyl (C=O) groups excluding carboxylic acids is 1. The zero-order valence-electron chi connectivity index (χ0n) is 14.1. The summed E-state index contributed by atoms with van der Waals surface area (Å²) in [5.74, 6) is 0.504. The third kappa shape index (κ3) is 3.02. The maximum absolute atomic E-state index is 12.5. The number of hydrogen-bond acceptors (Lipinski definition) is 6. The van der Waals surface area contributed by atoms with Gasteiger partial charge in [-0.1, -0.05) is 0 Å². The summed E-state index contributed by atoms with van der Waals surface area (Å²) in [5, 5.41) is 13.2. The van der Waals surface area contributed by atoms with Gasteiger partial charge in [0.05, 0.1) is 19.0 Å². The van der Waals surface area contributed by atoms with Crippen LogP contribution >= 0.6 is 11.3 Å². The number of nitrogens with zero attached hydrogens (tertiary/aromatic N) is 3. The van der Waals surface area contributed by atoms with Crippen molar-refractivity contribution in [3.05, 3.63) is 53.3 Å². The van der Waals surface area contributed by atoms with Gasteiger partial charge in [0.2, 0.25) is 0 Å². The number of H-pyrrole nitrogens is 1. The largest absolute Gasteiger partial charge is 0.497 e. The van der Waals surface area contributed by atoms with E-state index in [1.54, 1.807) is 18.7 Å². The summed E-state index contributed by atoms with van der Waals surface area (Å²) in [6.07, 6.45) is 1.58. The van der Waals surface area contributed by atoms with Crippen LogP contribution in [0.4, 0.5) is 5.69 Å². The highest BCUT2D eigenvalue weighted by Crippen LogP contribution is 2.26. The normalized spacial score (nSPS) is 10.8. The Labute approximate surface area is 153 Å². The van der Waals surface area contributed by atoms with Gasteiger partial charge in [-0.2, -0.15) is 5.10 Å². The summed E-state index contributed by atoms with van der Waals surface area (Å²) >= 11 is 1.42. The molecule has 0 aliphatic heterocycles. The van der Waals surface area contributed by atoms with Crippen LogP contribution in [0, 0.1) is 6.92 Å². The van der Waals surface area contributed by atoms with Crippen LogP contribution in [0.3, 0.4) is 0 Å². The maximum atomic E-state index is 12.5. The number of hydrogen-bond donors (Lipinski definition) is 2. The highest BCUT2D eigenvalue weighted by atomic mass is 32.1. The second-order valence-electron chi connectivity index (χ2n) is 5.66. The molecule has 3 aromatic heterocycles. The number of pyridine rings is 1. The molecule has 0 bridgehead atoms. The molecule has 0 unspecified atom stereocenters. The number of aromatic amines is 1. The first-order chi connectivity index (χ1) is 12.6. The Morgan fingerprint density at radius 3 is 2.85 bits per heavy atom. The van der Waals surface area contributed by atoms with Crippen molar-refractivity contribution in [2.24, 2.45) is 0 Å².